The van der Waals surface area contributed by atoms with Gasteiger partial charge in [-0.1, -0.05) is 36.4 Å². The molecule has 28 heavy (non-hydrogen) atoms. The van der Waals surface area contributed by atoms with Crippen molar-refractivity contribution in [2.75, 3.05) is 11.6 Å². The summed E-state index contributed by atoms with van der Waals surface area (Å²) in [4.78, 5) is 13.1. The summed E-state index contributed by atoms with van der Waals surface area (Å²) in [6.07, 6.45) is 1.48. The van der Waals surface area contributed by atoms with Gasteiger partial charge in [-0.15, -0.1) is 11.8 Å². The van der Waals surface area contributed by atoms with Gasteiger partial charge in [-0.2, -0.15) is 0 Å². The maximum Gasteiger partial charge on any atom is 0.494 e. The van der Waals surface area contributed by atoms with E-state index in [-0.39, 0.29) is 6.61 Å². The highest BCUT2D eigenvalue weighted by Crippen LogP contribution is 2.37. The van der Waals surface area contributed by atoms with E-state index >= 15 is 0 Å². The molecule has 1 fully saturated rings. The van der Waals surface area contributed by atoms with E-state index in [1.807, 2.05) is 82.5 Å². The van der Waals surface area contributed by atoms with E-state index in [4.69, 9.17) is 14.0 Å². The minimum atomic E-state index is -0.484. The summed E-state index contributed by atoms with van der Waals surface area (Å²) in [6.45, 7) is 8.35. The van der Waals surface area contributed by atoms with E-state index in [2.05, 4.69) is 5.32 Å². The van der Waals surface area contributed by atoms with E-state index in [1.54, 1.807) is 11.8 Å². The summed E-state index contributed by atoms with van der Waals surface area (Å²) >= 11 is 1.54. The number of ether oxygens (including phenoxy) is 1. The molecule has 7 heteroatoms. The van der Waals surface area contributed by atoms with Crippen molar-refractivity contribution in [2.45, 2.75) is 50.4 Å². The van der Waals surface area contributed by atoms with Crippen molar-refractivity contribution in [3.63, 3.8) is 0 Å². The largest absolute Gasteiger partial charge is 0.494 e. The number of anilines is 1. The first-order valence-electron chi connectivity index (χ1n) is 9.23. The van der Waals surface area contributed by atoms with Crippen LogP contribution in [0.4, 0.5) is 10.5 Å². The van der Waals surface area contributed by atoms with Crippen molar-refractivity contribution in [1.82, 2.24) is 0 Å². The van der Waals surface area contributed by atoms with Crippen LogP contribution in [0, 0.1) is 0 Å². The van der Waals surface area contributed by atoms with Gasteiger partial charge in [-0.3, -0.25) is 5.32 Å². The second kappa shape index (κ2) is 8.19. The number of hydrogen-bond acceptors (Lipinski definition) is 5. The Hall–Kier alpha value is -1.96. The molecule has 0 aromatic heterocycles. The molecular weight excluding hydrogens is 373 g/mol. The van der Waals surface area contributed by atoms with Crippen LogP contribution in [0.1, 0.15) is 33.3 Å². The zero-order valence-corrected chi connectivity index (χ0v) is 17.8. The number of carbonyl (C=O) groups is 1. The molecule has 0 atom stereocenters. The molecule has 2 aromatic rings. The molecule has 0 bridgehead atoms. The van der Waals surface area contributed by atoms with Gasteiger partial charge in [0, 0.05) is 4.90 Å². The van der Waals surface area contributed by atoms with Crippen LogP contribution in [0.3, 0.4) is 0 Å². The number of amides is 1. The highest BCUT2D eigenvalue weighted by molar-refractivity contribution is 7.98. The van der Waals surface area contributed by atoms with Gasteiger partial charge in [-0.25, -0.2) is 4.79 Å². The maximum absolute atomic E-state index is 12.2. The van der Waals surface area contributed by atoms with E-state index in [0.29, 0.717) is 5.69 Å². The van der Waals surface area contributed by atoms with Gasteiger partial charge in [0.2, 0.25) is 0 Å². The first-order chi connectivity index (χ1) is 13.2. The zero-order valence-electron chi connectivity index (χ0n) is 16.9. The Morgan fingerprint density at radius 1 is 1.07 bits per heavy atom. The van der Waals surface area contributed by atoms with Crippen molar-refractivity contribution < 1.29 is 18.8 Å². The molecule has 148 valence electrons. The molecule has 0 spiro atoms. The van der Waals surface area contributed by atoms with Gasteiger partial charge in [0.05, 0.1) is 16.9 Å². The number of benzene rings is 2. The summed E-state index contributed by atoms with van der Waals surface area (Å²) in [5.74, 6) is 0. The predicted molar refractivity (Wildman–Crippen MR) is 114 cm³/mol. The lowest BCUT2D eigenvalue weighted by Crippen LogP contribution is -2.41. The topological polar surface area (TPSA) is 56.8 Å². The number of rotatable bonds is 5. The second-order valence-electron chi connectivity index (χ2n) is 7.73. The van der Waals surface area contributed by atoms with E-state index < -0.39 is 24.4 Å². The predicted octanol–water partition coefficient (Wildman–Crippen LogP) is 4.46. The maximum atomic E-state index is 12.2. The van der Waals surface area contributed by atoms with Gasteiger partial charge in [-0.05, 0) is 57.1 Å². The first kappa shape index (κ1) is 20.8. The van der Waals surface area contributed by atoms with Crippen LogP contribution < -0.4 is 10.8 Å². The van der Waals surface area contributed by atoms with Crippen molar-refractivity contribution in [3.8, 4) is 0 Å². The number of nitrogens with one attached hydrogen (secondary N) is 1. The lowest BCUT2D eigenvalue weighted by Gasteiger charge is -2.32. The Kier molecular flexibility index (Phi) is 6.08. The Bertz CT molecular complexity index is 826. The van der Waals surface area contributed by atoms with Gasteiger partial charge in [0.25, 0.3) is 0 Å². The fraction of sp³-hybridized carbons (Fsp3) is 0.381. The third-order valence-electron chi connectivity index (χ3n) is 5.20. The lowest BCUT2D eigenvalue weighted by molar-refractivity contribution is 0.00578. The molecule has 1 N–H and O–H groups in total. The molecular formula is C21H26BNO4S. The first-order valence-corrected chi connectivity index (χ1v) is 10.5. The third-order valence-corrected chi connectivity index (χ3v) is 5.98. The zero-order chi connectivity index (χ0) is 20.4. The molecule has 0 radical (unpaired) electrons. The fourth-order valence-corrected chi connectivity index (χ4v) is 3.40. The average molecular weight is 399 g/mol. The summed E-state index contributed by atoms with van der Waals surface area (Å²) in [5, 5.41) is 2.82. The SMILES string of the molecule is CSc1cc(B2OC(C)(C)C(C)(C)O2)ccc1NC(=O)OCc1ccccc1. The standard InChI is InChI=1S/C21H26BNO4S/c1-20(2)21(3,4)27-22(26-20)16-11-12-17(18(13-16)28-5)23-19(24)25-14-15-9-7-6-8-10-15/h6-13H,14H2,1-5H3,(H,23,24). The van der Waals surface area contributed by atoms with Crippen LogP contribution in [0.15, 0.2) is 53.4 Å². The van der Waals surface area contributed by atoms with Crippen LogP contribution in [-0.2, 0) is 20.7 Å². The average Bonchev–Trinajstić information content (AvgIpc) is 2.88. The number of thioether (sulfide) groups is 1. The van der Waals surface area contributed by atoms with Crippen molar-refractivity contribution >= 4 is 36.1 Å². The van der Waals surface area contributed by atoms with Gasteiger partial charge in [0.15, 0.2) is 0 Å². The quantitative estimate of drug-likeness (QED) is 0.595. The van der Waals surface area contributed by atoms with Crippen LogP contribution in [0.2, 0.25) is 0 Å². The Morgan fingerprint density at radius 2 is 1.71 bits per heavy atom. The summed E-state index contributed by atoms with van der Waals surface area (Å²) in [5.41, 5.74) is 1.78. The van der Waals surface area contributed by atoms with Crippen LogP contribution in [0.5, 0.6) is 0 Å². The summed E-state index contributed by atoms with van der Waals surface area (Å²) < 4.78 is 17.5. The molecule has 1 heterocycles. The Balaban J connectivity index is 1.67. The molecule has 3 rings (SSSR count). The smallest absolute Gasteiger partial charge is 0.444 e. The molecule has 1 saturated heterocycles. The normalized spacial score (nSPS) is 17.4. The summed E-state index contributed by atoms with van der Waals surface area (Å²) in [6, 6.07) is 15.3. The molecule has 1 amide bonds. The number of carbonyl (C=O) groups excluding carboxylic acids is 1. The molecule has 1 aliphatic rings. The van der Waals surface area contributed by atoms with Crippen LogP contribution in [0.25, 0.3) is 0 Å². The molecule has 5 nitrogen and oxygen atoms in total. The highest BCUT2D eigenvalue weighted by atomic mass is 32.2. The van der Waals surface area contributed by atoms with Gasteiger partial charge in [0.1, 0.15) is 6.61 Å². The van der Waals surface area contributed by atoms with E-state index in [0.717, 1.165) is 15.9 Å². The van der Waals surface area contributed by atoms with E-state index in [9.17, 15) is 4.79 Å². The summed E-state index contributed by atoms with van der Waals surface area (Å²) in [7, 11) is -0.435. The van der Waals surface area contributed by atoms with Gasteiger partial charge >= 0.3 is 13.2 Å². The minimum absolute atomic E-state index is 0.229. The lowest BCUT2D eigenvalue weighted by atomic mass is 9.79. The van der Waals surface area contributed by atoms with Gasteiger partial charge < -0.3 is 14.0 Å². The van der Waals surface area contributed by atoms with Crippen LogP contribution >= 0.6 is 11.8 Å². The van der Waals surface area contributed by atoms with E-state index in [1.165, 1.54) is 0 Å². The van der Waals surface area contributed by atoms with Crippen molar-refractivity contribution in [1.29, 1.82) is 0 Å². The molecule has 1 aliphatic heterocycles. The van der Waals surface area contributed by atoms with Crippen molar-refractivity contribution in [2.24, 2.45) is 0 Å². The fourth-order valence-electron chi connectivity index (χ4n) is 2.81. The Labute approximate surface area is 171 Å². The molecule has 0 unspecified atom stereocenters. The number of hydrogen-bond donors (Lipinski definition) is 1. The Morgan fingerprint density at radius 3 is 2.32 bits per heavy atom. The van der Waals surface area contributed by atoms with Crippen molar-refractivity contribution in [3.05, 3.63) is 54.1 Å². The monoisotopic (exact) mass is 399 g/mol. The highest BCUT2D eigenvalue weighted by Gasteiger charge is 2.51. The second-order valence-corrected chi connectivity index (χ2v) is 8.58. The third kappa shape index (κ3) is 4.54. The van der Waals surface area contributed by atoms with Crippen LogP contribution in [-0.4, -0.2) is 30.7 Å². The molecule has 0 saturated carbocycles. The molecule has 0 aliphatic carbocycles. The molecule has 2 aromatic carbocycles. The minimum Gasteiger partial charge on any atom is -0.444 e.